The predicted molar refractivity (Wildman–Crippen MR) is 116 cm³/mol. The fraction of sp³-hybridized carbons (Fsp3) is 0.750. The Morgan fingerprint density at radius 1 is 0.640 bits per heavy atom. The monoisotopic (exact) mass is 360 g/mol. The number of rotatable bonds is 1. The third-order valence-electron chi connectivity index (χ3n) is 6.01. The Bertz CT molecular complexity index is 371. The number of hydrogen-bond acceptors (Lipinski definition) is 0. The van der Waals surface area contributed by atoms with Crippen LogP contribution in [-0.4, -0.2) is 11.8 Å². The summed E-state index contributed by atoms with van der Waals surface area (Å²) in [6.07, 6.45) is 23.0. The highest BCUT2D eigenvalue weighted by molar-refractivity contribution is 7.38. The van der Waals surface area contributed by atoms with Gasteiger partial charge in [-0.2, -0.15) is 0 Å². The van der Waals surface area contributed by atoms with Gasteiger partial charge >= 0.3 is 0 Å². The molecule has 2 aliphatic rings. The first-order valence-corrected chi connectivity index (χ1v) is 12.4. The average molecular weight is 361 g/mol. The molecule has 1 heterocycles. The Hall–Kier alpha value is -0.350. The van der Waals surface area contributed by atoms with Gasteiger partial charge in [-0.05, 0) is 50.3 Å². The summed E-state index contributed by atoms with van der Waals surface area (Å²) in [6.45, 7) is 2.08. The van der Waals surface area contributed by atoms with Crippen LogP contribution in [0.4, 0.5) is 0 Å². The summed E-state index contributed by atoms with van der Waals surface area (Å²) in [5.74, 6) is 1.11. The van der Waals surface area contributed by atoms with Crippen molar-refractivity contribution in [1.29, 1.82) is 0 Å². The quantitative estimate of drug-likeness (QED) is 0.443. The second kappa shape index (κ2) is 13.8. The summed E-state index contributed by atoms with van der Waals surface area (Å²) in [4.78, 5) is 0. The average Bonchev–Trinajstić information content (AvgIpc) is 2.86. The van der Waals surface area contributed by atoms with E-state index in [1.807, 2.05) is 18.2 Å². The molecule has 2 atom stereocenters. The number of aryl methyl sites for hydroxylation is 1. The fourth-order valence-electron chi connectivity index (χ4n) is 4.41. The van der Waals surface area contributed by atoms with Gasteiger partial charge in [0.15, 0.2) is 0 Å². The molecule has 0 aromatic heterocycles. The maximum absolute atomic E-state index is 2.08. The van der Waals surface area contributed by atoms with Crippen LogP contribution in [0.5, 0.6) is 0 Å². The van der Waals surface area contributed by atoms with Crippen LogP contribution in [0.3, 0.4) is 0 Å². The van der Waals surface area contributed by atoms with Gasteiger partial charge in [0, 0.05) is 0 Å². The fourth-order valence-corrected chi connectivity index (χ4v) is 6.31. The molecule has 25 heavy (non-hydrogen) atoms. The van der Waals surface area contributed by atoms with Crippen molar-refractivity contribution in [2.24, 2.45) is 5.92 Å². The smallest absolute Gasteiger partial charge is 0.0208 e. The molecule has 142 valence electrons. The van der Waals surface area contributed by atoms with E-state index in [9.17, 15) is 0 Å². The molecule has 0 bridgehead atoms. The van der Waals surface area contributed by atoms with Crippen molar-refractivity contribution in [3.63, 3.8) is 0 Å². The molecule has 1 heteroatoms. The molecule has 1 saturated carbocycles. The van der Waals surface area contributed by atoms with E-state index >= 15 is 0 Å². The summed E-state index contributed by atoms with van der Waals surface area (Å²) in [5, 5.41) is 0. The Balaban J connectivity index is 0.000000269. The molecule has 1 aliphatic carbocycles. The maximum atomic E-state index is 2.08. The highest BCUT2D eigenvalue weighted by Gasteiger charge is 2.21. The van der Waals surface area contributed by atoms with Gasteiger partial charge in [-0.15, -0.1) is 8.58 Å². The summed E-state index contributed by atoms with van der Waals surface area (Å²) in [7, 11) is 1.30. The summed E-state index contributed by atoms with van der Waals surface area (Å²) >= 11 is 0. The molecule has 3 rings (SSSR count). The zero-order valence-electron chi connectivity index (χ0n) is 16.6. The van der Waals surface area contributed by atoms with Crippen LogP contribution in [0.1, 0.15) is 95.5 Å². The van der Waals surface area contributed by atoms with Crippen molar-refractivity contribution in [3.8, 4) is 0 Å². The molecule has 0 N–H and O–H groups in total. The van der Waals surface area contributed by atoms with Crippen molar-refractivity contribution >= 4 is 8.58 Å². The lowest BCUT2D eigenvalue weighted by Crippen LogP contribution is -2.17. The van der Waals surface area contributed by atoms with E-state index in [1.165, 1.54) is 84.8 Å². The Morgan fingerprint density at radius 2 is 1.16 bits per heavy atom. The highest BCUT2D eigenvalue weighted by atomic mass is 31.1. The molecule has 0 spiro atoms. The summed E-state index contributed by atoms with van der Waals surface area (Å²) < 4.78 is 0. The van der Waals surface area contributed by atoms with Crippen molar-refractivity contribution in [3.05, 3.63) is 35.9 Å². The van der Waals surface area contributed by atoms with Gasteiger partial charge in [0.2, 0.25) is 0 Å². The minimum absolute atomic E-state index is 1.11. The minimum atomic E-state index is 1.11. The van der Waals surface area contributed by atoms with Crippen LogP contribution in [-0.2, 0) is 0 Å². The van der Waals surface area contributed by atoms with Crippen LogP contribution in [0, 0.1) is 12.8 Å². The third-order valence-corrected chi connectivity index (χ3v) is 7.93. The molecule has 2 unspecified atom stereocenters. The molecule has 1 aromatic rings. The van der Waals surface area contributed by atoms with Crippen LogP contribution in [0.2, 0.25) is 0 Å². The maximum Gasteiger partial charge on any atom is -0.0208 e. The van der Waals surface area contributed by atoms with Gasteiger partial charge in [-0.25, -0.2) is 0 Å². The van der Waals surface area contributed by atoms with E-state index < -0.39 is 0 Å². The third kappa shape index (κ3) is 9.79. The van der Waals surface area contributed by atoms with Gasteiger partial charge in [0.05, 0.1) is 0 Å². The van der Waals surface area contributed by atoms with Crippen LogP contribution in [0.25, 0.3) is 0 Å². The van der Waals surface area contributed by atoms with Crippen molar-refractivity contribution in [1.82, 2.24) is 0 Å². The van der Waals surface area contributed by atoms with Crippen LogP contribution in [0.15, 0.2) is 30.3 Å². The minimum Gasteiger partial charge on any atom is -0.119 e. The normalized spacial score (nSPS) is 25.2. The Labute approximate surface area is 159 Å². The van der Waals surface area contributed by atoms with E-state index in [-0.39, 0.29) is 0 Å². The first kappa shape index (κ1) is 21.0. The lowest BCUT2D eigenvalue weighted by atomic mass is 9.90. The van der Waals surface area contributed by atoms with Gasteiger partial charge in [0.25, 0.3) is 0 Å². The first-order chi connectivity index (χ1) is 12.4. The topological polar surface area (TPSA) is 0 Å². The molecule has 0 radical (unpaired) electrons. The highest BCUT2D eigenvalue weighted by Crippen LogP contribution is 2.38. The zero-order chi connectivity index (χ0) is 17.6. The molecular weight excluding hydrogens is 319 g/mol. The van der Waals surface area contributed by atoms with Crippen molar-refractivity contribution < 1.29 is 0 Å². The largest absolute Gasteiger partial charge is 0.119 e. The Morgan fingerprint density at radius 3 is 1.72 bits per heavy atom. The number of hydrogen-bond donors (Lipinski definition) is 0. The van der Waals surface area contributed by atoms with E-state index in [0.29, 0.717) is 0 Å². The molecule has 1 aliphatic heterocycles. The van der Waals surface area contributed by atoms with E-state index in [4.69, 9.17) is 0 Å². The Kier molecular flexibility index (Phi) is 11.6. The molecular formula is C24H41P. The van der Waals surface area contributed by atoms with Crippen molar-refractivity contribution in [2.45, 2.75) is 102 Å². The first-order valence-electron chi connectivity index (χ1n) is 11.1. The second-order valence-electron chi connectivity index (χ2n) is 8.23. The van der Waals surface area contributed by atoms with Crippen LogP contribution < -0.4 is 0 Å². The second-order valence-corrected chi connectivity index (χ2v) is 9.88. The molecule has 0 amide bonds. The number of benzene rings is 1. The summed E-state index contributed by atoms with van der Waals surface area (Å²) in [6, 6.07) is 10.3. The molecule has 0 nitrogen and oxygen atoms in total. The van der Waals surface area contributed by atoms with Gasteiger partial charge in [0.1, 0.15) is 0 Å². The van der Waals surface area contributed by atoms with Gasteiger partial charge in [-0.1, -0.05) is 100 Å². The van der Waals surface area contributed by atoms with E-state index in [1.54, 1.807) is 25.4 Å². The zero-order valence-corrected chi connectivity index (χ0v) is 17.6. The summed E-state index contributed by atoms with van der Waals surface area (Å²) in [5.41, 5.74) is 2.45. The van der Waals surface area contributed by atoms with Crippen molar-refractivity contribution in [2.75, 3.05) is 6.16 Å². The van der Waals surface area contributed by atoms with E-state index in [2.05, 4.69) is 19.1 Å². The predicted octanol–water partition coefficient (Wildman–Crippen LogP) is 8.13. The standard InChI is InChI=1S/C17H33P.C7H8/c1-2-5-9-13-16(12-8-4-1)17-14-10-6-3-7-11-15-18-17;1-7-5-3-2-4-6-7/h16-18H,1-15H2;2-6H,1H3. The molecule has 1 saturated heterocycles. The lowest BCUT2D eigenvalue weighted by Gasteiger charge is -2.27. The molecule has 2 fully saturated rings. The van der Waals surface area contributed by atoms with Gasteiger partial charge < -0.3 is 0 Å². The molecule has 1 aromatic carbocycles. The SMILES string of the molecule is C1CCCCC(C2CCCCCCCP2)CCC1.Cc1ccccc1. The lowest BCUT2D eigenvalue weighted by molar-refractivity contribution is 0.392. The van der Waals surface area contributed by atoms with E-state index in [0.717, 1.165) is 11.6 Å². The van der Waals surface area contributed by atoms with Crippen LogP contribution >= 0.6 is 8.58 Å². The van der Waals surface area contributed by atoms with Gasteiger partial charge in [-0.3, -0.25) is 0 Å².